The summed E-state index contributed by atoms with van der Waals surface area (Å²) < 4.78 is 34.1. The molecule has 0 aliphatic carbocycles. The molecule has 2 heterocycles. The highest BCUT2D eigenvalue weighted by atomic mass is 19.1. The third-order valence-corrected chi connectivity index (χ3v) is 6.01. The number of likely N-dealkylation sites (tertiary alicyclic amines) is 1. The number of ether oxygens (including phenoxy) is 1. The average Bonchev–Trinajstić information content (AvgIpc) is 3.22. The number of aliphatic hydroxyl groups is 1. The Kier molecular flexibility index (Phi) is 7.53. The maximum Gasteiger partial charge on any atom is 0.254 e. The average molecular weight is 512 g/mol. The minimum absolute atomic E-state index is 0.0516. The Hall–Kier alpha value is -4.25. The highest BCUT2D eigenvalue weighted by molar-refractivity contribution is 6.03. The summed E-state index contributed by atoms with van der Waals surface area (Å²) >= 11 is 0. The van der Waals surface area contributed by atoms with E-state index in [2.05, 4.69) is 5.10 Å². The van der Waals surface area contributed by atoms with Crippen LogP contribution in [-0.2, 0) is 4.79 Å². The zero-order chi connectivity index (χ0) is 26.7. The Morgan fingerprint density at radius 2 is 1.95 bits per heavy atom. The Morgan fingerprint density at radius 3 is 2.59 bits per heavy atom. The number of aliphatic hydroxyl groups excluding tert-OH is 1. The fourth-order valence-electron chi connectivity index (χ4n) is 4.22. The number of hydrogen-bond donors (Lipinski definition) is 3. The highest BCUT2D eigenvalue weighted by Gasteiger charge is 2.29. The Balaban J connectivity index is 1.59. The van der Waals surface area contributed by atoms with Crippen molar-refractivity contribution in [2.75, 3.05) is 18.8 Å². The van der Waals surface area contributed by atoms with Gasteiger partial charge in [0.1, 0.15) is 28.6 Å². The van der Waals surface area contributed by atoms with Crippen LogP contribution in [0.1, 0.15) is 36.2 Å². The molecule has 2 aromatic carbocycles. The summed E-state index contributed by atoms with van der Waals surface area (Å²) in [4.78, 5) is 26.4. The van der Waals surface area contributed by atoms with Gasteiger partial charge in [-0.05, 0) is 56.2 Å². The Morgan fingerprint density at radius 1 is 1.22 bits per heavy atom. The summed E-state index contributed by atoms with van der Waals surface area (Å²) in [6.45, 7) is 2.43. The second-order valence-electron chi connectivity index (χ2n) is 8.80. The maximum atomic E-state index is 13.9. The molecule has 1 aliphatic heterocycles. The van der Waals surface area contributed by atoms with Crippen LogP contribution in [-0.4, -0.2) is 50.8 Å². The summed E-state index contributed by atoms with van der Waals surface area (Å²) in [6, 6.07) is 9.05. The van der Waals surface area contributed by atoms with Gasteiger partial charge in [0.25, 0.3) is 5.91 Å². The molecule has 0 spiro atoms. The van der Waals surface area contributed by atoms with E-state index in [1.807, 2.05) is 0 Å². The van der Waals surface area contributed by atoms with Crippen LogP contribution in [0.4, 0.5) is 14.6 Å². The van der Waals surface area contributed by atoms with E-state index in [0.29, 0.717) is 31.5 Å². The number of carbonyl (C=O) groups is 2. The van der Waals surface area contributed by atoms with E-state index in [4.69, 9.17) is 16.2 Å². The van der Waals surface area contributed by atoms with Crippen molar-refractivity contribution in [2.45, 2.75) is 31.9 Å². The van der Waals surface area contributed by atoms with Crippen molar-refractivity contribution in [1.82, 2.24) is 14.7 Å². The van der Waals surface area contributed by atoms with Gasteiger partial charge < -0.3 is 26.2 Å². The quantitative estimate of drug-likeness (QED) is 0.416. The van der Waals surface area contributed by atoms with Crippen LogP contribution in [0.25, 0.3) is 11.3 Å². The molecule has 1 unspecified atom stereocenters. The van der Waals surface area contributed by atoms with Gasteiger partial charge in [0.05, 0.1) is 12.1 Å². The molecule has 0 radical (unpaired) electrons. The van der Waals surface area contributed by atoms with E-state index in [1.54, 1.807) is 36.1 Å². The molecule has 11 heteroatoms. The van der Waals surface area contributed by atoms with Crippen LogP contribution in [0, 0.1) is 11.6 Å². The summed E-state index contributed by atoms with van der Waals surface area (Å²) in [5.41, 5.74) is 12.8. The van der Waals surface area contributed by atoms with Crippen molar-refractivity contribution in [3.63, 3.8) is 0 Å². The molecule has 4 rings (SSSR count). The molecule has 37 heavy (non-hydrogen) atoms. The first kappa shape index (κ1) is 25.8. The smallest absolute Gasteiger partial charge is 0.254 e. The lowest BCUT2D eigenvalue weighted by molar-refractivity contribution is -0.127. The summed E-state index contributed by atoms with van der Waals surface area (Å²) in [6.07, 6.45) is 3.39. The number of carbonyl (C=O) groups excluding carboxylic acids is 2. The normalized spacial score (nSPS) is 16.6. The number of nitrogen functional groups attached to an aromatic ring is 1. The highest BCUT2D eigenvalue weighted by Crippen LogP contribution is 2.33. The molecule has 0 bridgehead atoms. The molecule has 0 saturated carbocycles. The fourth-order valence-corrected chi connectivity index (χ4v) is 4.22. The predicted octanol–water partition coefficient (Wildman–Crippen LogP) is 3.40. The van der Waals surface area contributed by atoms with Crippen molar-refractivity contribution in [1.29, 1.82) is 0 Å². The summed E-state index contributed by atoms with van der Waals surface area (Å²) in [7, 11) is 0. The Labute approximate surface area is 211 Å². The lowest BCUT2D eigenvalue weighted by Gasteiger charge is -2.32. The molecule has 1 aliphatic rings. The molecular formula is C26H27F2N5O4. The van der Waals surface area contributed by atoms with E-state index < -0.39 is 23.6 Å². The second kappa shape index (κ2) is 10.8. The third kappa shape index (κ3) is 5.78. The van der Waals surface area contributed by atoms with Gasteiger partial charge in [0.2, 0.25) is 5.91 Å². The number of hydrogen-bond acceptors (Lipinski definition) is 6. The molecule has 194 valence electrons. The lowest BCUT2D eigenvalue weighted by Crippen LogP contribution is -2.40. The topological polar surface area (TPSA) is 137 Å². The molecule has 2 amide bonds. The van der Waals surface area contributed by atoms with Gasteiger partial charge in [-0.25, -0.2) is 13.5 Å². The number of halogens is 2. The van der Waals surface area contributed by atoms with Gasteiger partial charge in [-0.15, -0.1) is 0 Å². The SMILES string of the molecule is CC(O)C=CC(=O)N1CCC[C@@H](n2nc(-c3ccc(Oc4ccc(F)cc4F)cc3)c(C(N)=O)c2N)C1. The first-order valence-electron chi connectivity index (χ1n) is 11.7. The molecule has 1 aromatic heterocycles. The van der Waals surface area contributed by atoms with Crippen molar-refractivity contribution >= 4 is 17.6 Å². The molecule has 5 N–H and O–H groups in total. The van der Waals surface area contributed by atoms with Crippen LogP contribution in [0.5, 0.6) is 11.5 Å². The Bertz CT molecular complexity index is 1340. The van der Waals surface area contributed by atoms with E-state index in [-0.39, 0.29) is 40.5 Å². The molecule has 1 fully saturated rings. The predicted molar refractivity (Wildman–Crippen MR) is 133 cm³/mol. The van der Waals surface area contributed by atoms with Gasteiger partial charge in [0.15, 0.2) is 11.6 Å². The van der Waals surface area contributed by atoms with E-state index >= 15 is 0 Å². The number of anilines is 1. The van der Waals surface area contributed by atoms with Crippen LogP contribution >= 0.6 is 0 Å². The number of amides is 2. The zero-order valence-electron chi connectivity index (χ0n) is 20.1. The van der Waals surface area contributed by atoms with Gasteiger partial charge >= 0.3 is 0 Å². The van der Waals surface area contributed by atoms with E-state index in [9.17, 15) is 23.5 Å². The lowest BCUT2D eigenvalue weighted by atomic mass is 10.1. The summed E-state index contributed by atoms with van der Waals surface area (Å²) in [5.74, 6) is -2.30. The van der Waals surface area contributed by atoms with Crippen molar-refractivity contribution < 1.29 is 28.2 Å². The molecule has 9 nitrogen and oxygen atoms in total. The summed E-state index contributed by atoms with van der Waals surface area (Å²) in [5, 5.41) is 14.0. The molecule has 2 atom stereocenters. The standard InChI is InChI=1S/C26H27F2N5O4/c1-15(34)4-11-22(35)32-12-2-3-18(14-32)33-25(29)23(26(30)36)24(31-33)16-5-8-19(9-6-16)37-21-10-7-17(27)13-20(21)28/h4-11,13,15,18,34H,2-3,12,14,29H2,1H3,(H2,30,36)/t15?,18-/m1/s1. The zero-order valence-corrected chi connectivity index (χ0v) is 20.1. The number of nitrogens with zero attached hydrogens (tertiary/aromatic N) is 3. The van der Waals surface area contributed by atoms with Crippen LogP contribution < -0.4 is 16.2 Å². The third-order valence-electron chi connectivity index (χ3n) is 6.01. The van der Waals surface area contributed by atoms with Crippen molar-refractivity contribution in [3.8, 4) is 22.8 Å². The van der Waals surface area contributed by atoms with Crippen LogP contribution in [0.15, 0.2) is 54.6 Å². The molecule has 1 saturated heterocycles. The number of piperidine rings is 1. The molecule has 3 aromatic rings. The van der Waals surface area contributed by atoms with Crippen molar-refractivity contribution in [2.24, 2.45) is 5.73 Å². The second-order valence-corrected chi connectivity index (χ2v) is 8.80. The van der Waals surface area contributed by atoms with Crippen molar-refractivity contribution in [3.05, 3.63) is 71.8 Å². The maximum absolute atomic E-state index is 13.9. The first-order valence-corrected chi connectivity index (χ1v) is 11.7. The van der Waals surface area contributed by atoms with Crippen LogP contribution in [0.2, 0.25) is 0 Å². The number of nitrogens with two attached hydrogens (primary N) is 2. The minimum Gasteiger partial charge on any atom is -0.454 e. The number of benzene rings is 2. The monoisotopic (exact) mass is 511 g/mol. The van der Waals surface area contributed by atoms with E-state index in [0.717, 1.165) is 12.1 Å². The largest absolute Gasteiger partial charge is 0.454 e. The van der Waals surface area contributed by atoms with Gasteiger partial charge in [0, 0.05) is 30.8 Å². The number of primary amides is 1. The fraction of sp³-hybridized carbons (Fsp3) is 0.269. The number of rotatable bonds is 7. The van der Waals surface area contributed by atoms with Gasteiger partial charge in [-0.1, -0.05) is 6.08 Å². The van der Waals surface area contributed by atoms with E-state index in [1.165, 1.54) is 22.9 Å². The molecular weight excluding hydrogens is 484 g/mol. The minimum atomic E-state index is -0.840. The number of aromatic nitrogens is 2. The van der Waals surface area contributed by atoms with Gasteiger partial charge in [-0.3, -0.25) is 9.59 Å². The van der Waals surface area contributed by atoms with Gasteiger partial charge in [-0.2, -0.15) is 5.10 Å². The van der Waals surface area contributed by atoms with Crippen LogP contribution in [0.3, 0.4) is 0 Å². The first-order chi connectivity index (χ1) is 17.6.